The highest BCUT2D eigenvalue weighted by atomic mass is 32.1. The van der Waals surface area contributed by atoms with E-state index in [4.69, 9.17) is 9.73 Å². The smallest absolute Gasteiger partial charge is 0.190 e. The molecular formula is C21H23FN2OS. The maximum atomic E-state index is 13.3. The molecule has 0 N–H and O–H groups in total. The van der Waals surface area contributed by atoms with Crippen LogP contribution in [0.4, 0.5) is 10.1 Å². The topological polar surface area (TPSA) is 26.5 Å². The van der Waals surface area contributed by atoms with Crippen LogP contribution in [0.15, 0.2) is 52.8 Å². The van der Waals surface area contributed by atoms with E-state index in [9.17, 15) is 4.39 Å². The fraction of sp³-hybridized carbons (Fsp3) is 0.286. The number of hydrogen-bond donors (Lipinski definition) is 0. The molecule has 3 nitrogen and oxygen atoms in total. The van der Waals surface area contributed by atoms with Gasteiger partial charge in [0.1, 0.15) is 5.82 Å². The van der Waals surface area contributed by atoms with Crippen LogP contribution in [-0.4, -0.2) is 18.3 Å². The third-order valence-electron chi connectivity index (χ3n) is 4.16. The van der Waals surface area contributed by atoms with E-state index < -0.39 is 0 Å². The van der Waals surface area contributed by atoms with Crippen molar-refractivity contribution in [2.24, 2.45) is 4.99 Å². The largest absolute Gasteiger partial charge is 0.383 e. The molecule has 0 saturated heterocycles. The van der Waals surface area contributed by atoms with Crippen LogP contribution in [0.3, 0.4) is 0 Å². The molecule has 0 bridgehead atoms. The van der Waals surface area contributed by atoms with Crippen molar-refractivity contribution in [1.29, 1.82) is 0 Å². The summed E-state index contributed by atoms with van der Waals surface area (Å²) in [5.74, 6) is -0.236. The summed E-state index contributed by atoms with van der Waals surface area (Å²) in [7, 11) is 1.70. The van der Waals surface area contributed by atoms with Crippen molar-refractivity contribution >= 4 is 17.0 Å². The van der Waals surface area contributed by atoms with Gasteiger partial charge in [0.05, 0.1) is 24.0 Å². The van der Waals surface area contributed by atoms with Gasteiger partial charge in [0, 0.05) is 12.5 Å². The molecule has 0 aliphatic rings. The molecule has 1 heterocycles. The molecule has 1 aromatic heterocycles. The van der Waals surface area contributed by atoms with E-state index in [1.54, 1.807) is 30.6 Å². The summed E-state index contributed by atoms with van der Waals surface area (Å²) in [6, 6.07) is 13.0. The quantitative estimate of drug-likeness (QED) is 0.590. The van der Waals surface area contributed by atoms with Gasteiger partial charge in [-0.15, -0.1) is 11.3 Å². The second-order valence-electron chi connectivity index (χ2n) is 6.54. The Kier molecular flexibility index (Phi) is 5.69. The minimum Gasteiger partial charge on any atom is -0.383 e. The number of hydrogen-bond acceptors (Lipinski definition) is 3. The number of methoxy groups -OCH3 is 1. The lowest BCUT2D eigenvalue weighted by Gasteiger charge is -2.16. The normalized spacial score (nSPS) is 13.2. The lowest BCUT2D eigenvalue weighted by Crippen LogP contribution is -2.23. The van der Waals surface area contributed by atoms with E-state index in [-0.39, 0.29) is 11.9 Å². The minimum absolute atomic E-state index is 0.107. The Morgan fingerprint density at radius 2 is 1.77 bits per heavy atom. The predicted octanol–water partition coefficient (Wildman–Crippen LogP) is 5.41. The van der Waals surface area contributed by atoms with Gasteiger partial charge in [-0.25, -0.2) is 9.38 Å². The molecule has 136 valence electrons. The van der Waals surface area contributed by atoms with Gasteiger partial charge in [0.15, 0.2) is 4.80 Å². The van der Waals surface area contributed by atoms with Gasteiger partial charge >= 0.3 is 0 Å². The summed E-state index contributed by atoms with van der Waals surface area (Å²) in [5, 5.41) is 2.07. The van der Waals surface area contributed by atoms with Crippen molar-refractivity contribution in [3.63, 3.8) is 0 Å². The number of thiazole rings is 1. The average Bonchev–Trinajstić information content (AvgIpc) is 2.98. The zero-order valence-corrected chi connectivity index (χ0v) is 16.3. The van der Waals surface area contributed by atoms with Crippen molar-refractivity contribution in [2.75, 3.05) is 13.7 Å². The lowest BCUT2D eigenvalue weighted by molar-refractivity contribution is 0.162. The maximum absolute atomic E-state index is 13.3. The monoisotopic (exact) mass is 370 g/mol. The van der Waals surface area contributed by atoms with Gasteiger partial charge in [0.25, 0.3) is 0 Å². The van der Waals surface area contributed by atoms with Crippen LogP contribution in [0.1, 0.15) is 24.1 Å². The zero-order chi connectivity index (χ0) is 18.7. The maximum Gasteiger partial charge on any atom is 0.190 e. The molecule has 0 amide bonds. The molecule has 0 fully saturated rings. The van der Waals surface area contributed by atoms with Gasteiger partial charge in [-0.1, -0.05) is 6.07 Å². The van der Waals surface area contributed by atoms with Gasteiger partial charge in [0.2, 0.25) is 0 Å². The Bertz CT molecular complexity index is 937. The summed E-state index contributed by atoms with van der Waals surface area (Å²) < 4.78 is 20.8. The van der Waals surface area contributed by atoms with Gasteiger partial charge < -0.3 is 9.30 Å². The van der Waals surface area contributed by atoms with Crippen LogP contribution in [-0.2, 0) is 4.74 Å². The highest BCUT2D eigenvalue weighted by molar-refractivity contribution is 7.07. The molecule has 1 unspecified atom stereocenters. The molecule has 1 atom stereocenters. The molecule has 5 heteroatoms. The van der Waals surface area contributed by atoms with Crippen molar-refractivity contribution in [3.8, 4) is 11.3 Å². The molecule has 0 radical (unpaired) electrons. The molecule has 3 aromatic rings. The van der Waals surface area contributed by atoms with E-state index in [2.05, 4.69) is 48.9 Å². The Morgan fingerprint density at radius 1 is 1.12 bits per heavy atom. The molecule has 3 rings (SSSR count). The average molecular weight is 370 g/mol. The van der Waals surface area contributed by atoms with E-state index >= 15 is 0 Å². The predicted molar refractivity (Wildman–Crippen MR) is 105 cm³/mol. The van der Waals surface area contributed by atoms with Crippen molar-refractivity contribution < 1.29 is 9.13 Å². The number of benzene rings is 2. The van der Waals surface area contributed by atoms with Crippen LogP contribution in [0, 0.1) is 19.7 Å². The summed E-state index contributed by atoms with van der Waals surface area (Å²) >= 11 is 1.58. The van der Waals surface area contributed by atoms with Crippen molar-refractivity contribution in [1.82, 2.24) is 4.57 Å². The summed E-state index contributed by atoms with van der Waals surface area (Å²) in [6.45, 7) is 6.83. The summed E-state index contributed by atoms with van der Waals surface area (Å²) in [5.41, 5.74) is 5.30. The van der Waals surface area contributed by atoms with Crippen LogP contribution < -0.4 is 4.80 Å². The fourth-order valence-electron chi connectivity index (χ4n) is 3.10. The number of rotatable bonds is 5. The Balaban J connectivity index is 2.16. The van der Waals surface area contributed by atoms with Gasteiger partial charge in [-0.05, 0) is 73.9 Å². The highest BCUT2D eigenvalue weighted by Gasteiger charge is 2.14. The van der Waals surface area contributed by atoms with Crippen LogP contribution in [0.25, 0.3) is 11.3 Å². The molecule has 2 aromatic carbocycles. The second-order valence-corrected chi connectivity index (χ2v) is 7.38. The van der Waals surface area contributed by atoms with Gasteiger partial charge in [-0.3, -0.25) is 0 Å². The van der Waals surface area contributed by atoms with Gasteiger partial charge in [-0.2, -0.15) is 0 Å². The minimum atomic E-state index is -0.236. The number of halogens is 1. The van der Waals surface area contributed by atoms with E-state index in [1.165, 1.54) is 23.3 Å². The van der Waals surface area contributed by atoms with Crippen molar-refractivity contribution in [3.05, 3.63) is 69.6 Å². The molecule has 0 aliphatic heterocycles. The van der Waals surface area contributed by atoms with Crippen LogP contribution in [0.2, 0.25) is 0 Å². The SMILES string of the molecule is COCC(C)n1c(-c2ccc(F)cc2)csc1=Nc1cc(C)cc(C)c1. The first-order valence-corrected chi connectivity index (χ1v) is 9.44. The standard InChI is InChI=1S/C21H23FN2OS/c1-14-9-15(2)11-19(10-14)23-21-24(16(3)12-25-4)20(13-26-21)17-5-7-18(22)8-6-17/h5-11,13,16H,12H2,1-4H3. The molecular weight excluding hydrogens is 347 g/mol. The number of nitrogens with zero attached hydrogens (tertiary/aromatic N) is 2. The lowest BCUT2D eigenvalue weighted by atomic mass is 10.1. The van der Waals surface area contributed by atoms with E-state index in [0.717, 1.165) is 21.7 Å². The zero-order valence-electron chi connectivity index (χ0n) is 15.5. The van der Waals surface area contributed by atoms with Crippen LogP contribution in [0.5, 0.6) is 0 Å². The molecule has 0 saturated carbocycles. The molecule has 0 aliphatic carbocycles. The fourth-order valence-corrected chi connectivity index (χ4v) is 4.12. The Hall–Kier alpha value is -2.24. The summed E-state index contributed by atoms with van der Waals surface area (Å²) in [6.07, 6.45) is 0. The number of aromatic nitrogens is 1. The second kappa shape index (κ2) is 7.98. The van der Waals surface area contributed by atoms with E-state index in [1.807, 2.05) is 0 Å². The Morgan fingerprint density at radius 3 is 2.38 bits per heavy atom. The highest BCUT2D eigenvalue weighted by Crippen LogP contribution is 2.25. The molecule has 0 spiro atoms. The third kappa shape index (κ3) is 4.11. The van der Waals surface area contributed by atoms with E-state index in [0.29, 0.717) is 6.61 Å². The van der Waals surface area contributed by atoms with Crippen molar-refractivity contribution in [2.45, 2.75) is 26.8 Å². The molecule has 26 heavy (non-hydrogen) atoms. The first kappa shape index (κ1) is 18.5. The van der Waals surface area contributed by atoms with Crippen LogP contribution >= 0.6 is 11.3 Å². The third-order valence-corrected chi connectivity index (χ3v) is 5.00. The first-order chi connectivity index (χ1) is 12.5. The number of aryl methyl sites for hydroxylation is 2. The number of ether oxygens (including phenoxy) is 1. The first-order valence-electron chi connectivity index (χ1n) is 8.56. The Labute approximate surface area is 157 Å². The summed E-state index contributed by atoms with van der Waals surface area (Å²) in [4.78, 5) is 5.78.